The van der Waals surface area contributed by atoms with E-state index in [4.69, 9.17) is 4.74 Å². The van der Waals surface area contributed by atoms with Gasteiger partial charge < -0.3 is 20.1 Å². The molecule has 0 atom stereocenters. The largest absolute Gasteiger partial charge is 0.573 e. The predicted molar refractivity (Wildman–Crippen MR) is 134 cm³/mol. The second-order valence-electron chi connectivity index (χ2n) is 9.24. The highest BCUT2D eigenvalue weighted by atomic mass is 19.4. The predicted octanol–water partition coefficient (Wildman–Crippen LogP) is 5.99. The Morgan fingerprint density at radius 1 is 0.973 bits per heavy atom. The Bertz CT molecular complexity index is 1360. The third-order valence-electron chi connectivity index (χ3n) is 5.74. The highest BCUT2D eigenvalue weighted by Crippen LogP contribution is 2.32. The van der Waals surface area contributed by atoms with E-state index in [0.717, 1.165) is 29.7 Å². The lowest BCUT2D eigenvalue weighted by atomic mass is 9.85. The van der Waals surface area contributed by atoms with Crippen LogP contribution >= 0.6 is 0 Å². The number of ketones is 1. The molecule has 0 radical (unpaired) electrons. The molecule has 1 heterocycles. The first-order valence-corrected chi connectivity index (χ1v) is 11.4. The molecular weight excluding hydrogens is 485 g/mol. The topological polar surface area (TPSA) is 76.7 Å². The van der Waals surface area contributed by atoms with Crippen LogP contribution in [0.3, 0.4) is 0 Å². The van der Waals surface area contributed by atoms with Gasteiger partial charge in [0, 0.05) is 39.7 Å². The van der Waals surface area contributed by atoms with Gasteiger partial charge in [-0.1, -0.05) is 18.2 Å². The van der Waals surface area contributed by atoms with E-state index in [-0.39, 0.29) is 16.9 Å². The number of allylic oxidation sites excluding steroid dienone is 1. The van der Waals surface area contributed by atoms with Crippen molar-refractivity contribution in [1.82, 2.24) is 5.32 Å². The molecule has 0 spiro atoms. The summed E-state index contributed by atoms with van der Waals surface area (Å²) >= 11 is 0. The van der Waals surface area contributed by atoms with Gasteiger partial charge in [-0.2, -0.15) is 0 Å². The molecule has 0 saturated heterocycles. The van der Waals surface area contributed by atoms with Crippen LogP contribution in [0.4, 0.5) is 18.9 Å². The summed E-state index contributed by atoms with van der Waals surface area (Å²) in [5.74, 6) is -0.554. The van der Waals surface area contributed by atoms with Crippen LogP contribution in [0.25, 0.3) is 5.70 Å². The zero-order valence-corrected chi connectivity index (χ0v) is 20.4. The van der Waals surface area contributed by atoms with E-state index < -0.39 is 18.0 Å². The number of alkyl halides is 3. The Morgan fingerprint density at radius 3 is 2.35 bits per heavy atom. The summed E-state index contributed by atoms with van der Waals surface area (Å²) in [7, 11) is 1.58. The summed E-state index contributed by atoms with van der Waals surface area (Å²) in [5, 5.41) is 6.08. The molecule has 1 amide bonds. The number of hydrogen-bond acceptors (Lipinski definition) is 5. The first-order chi connectivity index (χ1) is 17.4. The van der Waals surface area contributed by atoms with Gasteiger partial charge in [-0.05, 0) is 74.4 Å². The fraction of sp³-hybridized carbons (Fsp3) is 0.214. The van der Waals surface area contributed by atoms with E-state index >= 15 is 0 Å². The van der Waals surface area contributed by atoms with Gasteiger partial charge in [0.2, 0.25) is 0 Å². The van der Waals surface area contributed by atoms with Gasteiger partial charge in [0.15, 0.2) is 5.78 Å². The molecule has 0 aromatic heterocycles. The van der Waals surface area contributed by atoms with E-state index in [1.54, 1.807) is 31.4 Å². The summed E-state index contributed by atoms with van der Waals surface area (Å²) in [6, 6.07) is 16.8. The molecule has 6 nitrogen and oxygen atoms in total. The normalized spacial score (nSPS) is 15.4. The maximum absolute atomic E-state index is 13.2. The number of carbonyl (C=O) groups is 2. The summed E-state index contributed by atoms with van der Waals surface area (Å²) < 4.78 is 46.2. The molecule has 192 valence electrons. The van der Waals surface area contributed by atoms with E-state index in [2.05, 4.69) is 29.2 Å². The van der Waals surface area contributed by atoms with Gasteiger partial charge in [-0.25, -0.2) is 0 Å². The zero-order valence-electron chi connectivity index (χ0n) is 20.4. The van der Waals surface area contributed by atoms with Crippen molar-refractivity contribution in [2.75, 3.05) is 12.4 Å². The van der Waals surface area contributed by atoms with Gasteiger partial charge in [-0.15, -0.1) is 13.2 Å². The van der Waals surface area contributed by atoms with Crippen molar-refractivity contribution >= 4 is 23.1 Å². The lowest BCUT2D eigenvalue weighted by molar-refractivity contribution is -0.274. The first-order valence-electron chi connectivity index (χ1n) is 11.4. The molecule has 0 saturated carbocycles. The van der Waals surface area contributed by atoms with Gasteiger partial charge in [0.25, 0.3) is 5.91 Å². The lowest BCUT2D eigenvalue weighted by Crippen LogP contribution is -2.43. The van der Waals surface area contributed by atoms with Crippen LogP contribution in [0.15, 0.2) is 72.8 Å². The van der Waals surface area contributed by atoms with Gasteiger partial charge in [-0.3, -0.25) is 9.59 Å². The maximum Gasteiger partial charge on any atom is 0.573 e. The van der Waals surface area contributed by atoms with Gasteiger partial charge >= 0.3 is 6.36 Å². The molecule has 3 aromatic rings. The minimum atomic E-state index is -4.82. The molecule has 1 aliphatic heterocycles. The second-order valence-corrected chi connectivity index (χ2v) is 9.24. The second kappa shape index (κ2) is 10.0. The molecule has 37 heavy (non-hydrogen) atoms. The van der Waals surface area contributed by atoms with Crippen LogP contribution in [0, 0.1) is 0 Å². The fourth-order valence-corrected chi connectivity index (χ4v) is 4.13. The van der Waals surface area contributed by atoms with E-state index in [1.807, 2.05) is 18.2 Å². The monoisotopic (exact) mass is 510 g/mol. The molecule has 9 heteroatoms. The average molecular weight is 511 g/mol. The quantitative estimate of drug-likeness (QED) is 0.315. The number of ether oxygens (including phenoxy) is 2. The van der Waals surface area contributed by atoms with Crippen LogP contribution in [0.5, 0.6) is 11.5 Å². The maximum atomic E-state index is 13.2. The van der Waals surface area contributed by atoms with Crippen LogP contribution in [0.1, 0.15) is 45.7 Å². The Hall–Kier alpha value is -4.27. The standard InChI is InChI=1S/C28H25F3N2O4/c1-27(2)16-19-9-12-22(36-3)14-23(19)24(33-27)15-25(34)18-5-4-6-20(13-18)32-26(35)17-7-10-21(11-8-17)37-28(29,30)31/h4-15,33H,16H2,1-3H3,(H,32,35)/b24-15-. The van der Waals surface area contributed by atoms with Crippen LogP contribution < -0.4 is 20.1 Å². The molecule has 4 rings (SSSR count). The van der Waals surface area contributed by atoms with Crippen LogP contribution in [-0.2, 0) is 6.42 Å². The van der Waals surface area contributed by atoms with Crippen LogP contribution in [-0.4, -0.2) is 30.7 Å². The van der Waals surface area contributed by atoms with Crippen LogP contribution in [0.2, 0.25) is 0 Å². The SMILES string of the molecule is COc1ccc2c(c1)/C(=C/C(=O)c1cccc(NC(=O)c3ccc(OC(F)(F)F)cc3)c1)NC(C)(C)C2. The number of hydrogen-bond donors (Lipinski definition) is 2. The van der Waals surface area contributed by atoms with Crippen molar-refractivity contribution in [3.8, 4) is 11.5 Å². The number of methoxy groups -OCH3 is 1. The van der Waals surface area contributed by atoms with Crippen molar-refractivity contribution in [3.63, 3.8) is 0 Å². The third-order valence-corrected chi connectivity index (χ3v) is 5.74. The number of nitrogens with one attached hydrogen (secondary N) is 2. The Balaban J connectivity index is 1.53. The Kier molecular flexibility index (Phi) is 6.98. The van der Waals surface area contributed by atoms with Crippen molar-refractivity contribution < 1.29 is 32.2 Å². The fourth-order valence-electron chi connectivity index (χ4n) is 4.13. The van der Waals surface area contributed by atoms with Gasteiger partial charge in [0.05, 0.1) is 7.11 Å². The third kappa shape index (κ3) is 6.49. The number of rotatable bonds is 6. The van der Waals surface area contributed by atoms with E-state index in [9.17, 15) is 22.8 Å². The van der Waals surface area contributed by atoms with Crippen molar-refractivity contribution in [3.05, 3.63) is 95.1 Å². The highest BCUT2D eigenvalue weighted by Gasteiger charge is 2.31. The molecule has 0 unspecified atom stereocenters. The minimum Gasteiger partial charge on any atom is -0.497 e. The molecule has 1 aliphatic rings. The van der Waals surface area contributed by atoms with Crippen molar-refractivity contribution in [2.24, 2.45) is 0 Å². The molecule has 0 bridgehead atoms. The Morgan fingerprint density at radius 2 is 1.68 bits per heavy atom. The smallest absolute Gasteiger partial charge is 0.497 e. The molecular formula is C28H25F3N2O4. The number of fused-ring (bicyclic) bond motifs is 1. The number of amides is 1. The summed E-state index contributed by atoms with van der Waals surface area (Å²) in [6.07, 6.45) is -2.51. The van der Waals surface area contributed by atoms with Crippen molar-refractivity contribution in [2.45, 2.75) is 32.2 Å². The number of halogens is 3. The lowest BCUT2D eigenvalue weighted by Gasteiger charge is -2.35. The average Bonchev–Trinajstić information content (AvgIpc) is 2.82. The number of carbonyl (C=O) groups excluding carboxylic acids is 2. The zero-order chi connectivity index (χ0) is 26.8. The minimum absolute atomic E-state index is 0.132. The Labute approximate surface area is 212 Å². The molecule has 0 fully saturated rings. The summed E-state index contributed by atoms with van der Waals surface area (Å²) in [5.41, 5.74) is 3.24. The molecule has 3 aromatic carbocycles. The number of anilines is 1. The van der Waals surface area contributed by atoms with Gasteiger partial charge in [0.1, 0.15) is 11.5 Å². The molecule has 2 N–H and O–H groups in total. The van der Waals surface area contributed by atoms with Crippen molar-refractivity contribution in [1.29, 1.82) is 0 Å². The molecule has 0 aliphatic carbocycles. The first kappa shape index (κ1) is 25.8. The highest BCUT2D eigenvalue weighted by molar-refractivity contribution is 6.10. The summed E-state index contributed by atoms with van der Waals surface area (Å²) in [6.45, 7) is 4.10. The summed E-state index contributed by atoms with van der Waals surface area (Å²) in [4.78, 5) is 25.8. The van der Waals surface area contributed by atoms with E-state index in [1.165, 1.54) is 18.2 Å². The number of benzene rings is 3. The van der Waals surface area contributed by atoms with E-state index in [0.29, 0.717) is 22.7 Å².